The summed E-state index contributed by atoms with van der Waals surface area (Å²) < 4.78 is 70.3. The van der Waals surface area contributed by atoms with Gasteiger partial charge in [0.25, 0.3) is 21.9 Å². The molecule has 59 heavy (non-hydrogen) atoms. The highest BCUT2D eigenvalue weighted by molar-refractivity contribution is 7.86. The number of carbonyl (C=O) groups is 3. The maximum absolute atomic E-state index is 15.0. The monoisotopic (exact) mass is 860 g/mol. The average Bonchev–Trinajstić information content (AvgIpc) is 3.87. The van der Waals surface area contributed by atoms with E-state index in [0.29, 0.717) is 73.5 Å². The first kappa shape index (κ1) is 44.9. The zero-order valence-corrected chi connectivity index (χ0v) is 36.8. The Bertz CT molecular complexity index is 2050. The first-order valence-electron chi connectivity index (χ1n) is 20.9. The van der Waals surface area contributed by atoms with Crippen LogP contribution in [0.2, 0.25) is 0 Å². The molecule has 5 atom stereocenters. The fourth-order valence-corrected chi connectivity index (χ4v) is 12.4. The topological polar surface area (TPSA) is 184 Å². The van der Waals surface area contributed by atoms with Crippen LogP contribution in [0.5, 0.6) is 17.2 Å². The van der Waals surface area contributed by atoms with Crippen molar-refractivity contribution in [2.24, 2.45) is 5.92 Å². The third-order valence-electron chi connectivity index (χ3n) is 12.8. The van der Waals surface area contributed by atoms with Crippen molar-refractivity contribution >= 4 is 35.1 Å². The van der Waals surface area contributed by atoms with Crippen LogP contribution in [0.1, 0.15) is 96.2 Å². The van der Waals surface area contributed by atoms with Gasteiger partial charge in [0.05, 0.1) is 33.0 Å². The highest BCUT2D eigenvalue weighted by Crippen LogP contribution is 2.48. The Morgan fingerprint density at radius 1 is 0.881 bits per heavy atom. The first-order chi connectivity index (χ1) is 28.1. The van der Waals surface area contributed by atoms with Crippen molar-refractivity contribution in [1.82, 2.24) is 19.4 Å². The molecule has 4 heterocycles. The highest BCUT2D eigenvalue weighted by Gasteiger charge is 2.45. The van der Waals surface area contributed by atoms with Gasteiger partial charge in [0.2, 0.25) is 5.91 Å². The fourth-order valence-electron chi connectivity index (χ4n) is 9.22. The summed E-state index contributed by atoms with van der Waals surface area (Å²) in [6, 6.07) is 6.23. The number of benzene rings is 2. The number of unbranched alkanes of at least 4 members (excludes halogenated alkanes) is 1. The lowest BCUT2D eigenvalue weighted by Gasteiger charge is -2.30. The Labute approximate surface area is 348 Å². The third-order valence-corrected chi connectivity index (χ3v) is 17.3. The predicted octanol–water partition coefficient (Wildman–Crippen LogP) is 4.72. The molecule has 2 aromatic carbocycles. The maximum atomic E-state index is 15.0. The number of hydrogen-bond donors (Lipinski definition) is 2. The van der Waals surface area contributed by atoms with E-state index in [0.717, 1.165) is 37.8 Å². The molecule has 3 amide bonds. The lowest BCUT2D eigenvalue weighted by molar-refractivity contribution is -0.130. The van der Waals surface area contributed by atoms with Crippen molar-refractivity contribution in [1.29, 1.82) is 0 Å². The van der Waals surface area contributed by atoms with Crippen LogP contribution in [0.15, 0.2) is 24.3 Å². The Morgan fingerprint density at radius 3 is 2.10 bits per heavy atom. The van der Waals surface area contributed by atoms with Crippen LogP contribution in [-0.4, -0.2) is 145 Å². The van der Waals surface area contributed by atoms with Gasteiger partial charge in [-0.15, -0.1) is 0 Å². The summed E-state index contributed by atoms with van der Waals surface area (Å²) in [5.41, 5.74) is 2.47. The molecule has 0 aliphatic carbocycles. The lowest BCUT2D eigenvalue weighted by atomic mass is 9.92. The molecule has 6 rings (SSSR count). The van der Waals surface area contributed by atoms with E-state index < -0.39 is 35.3 Å². The SMILES string of the molecule is CCCCC(=O)N(C)CCN(C)P(=O)(CCOc1cc2c(cc1CO)C(=O)N1CCC[C@H]1C(S(=O)(=O)O)C2)CCOc1cc2c(cc1OC)C(=O)N1CCC[C@H]1C(C)C2. The molecular formula is C42H61N4O11PS. The second-order valence-electron chi connectivity index (χ2n) is 16.6. The molecule has 17 heteroatoms. The minimum atomic E-state index is -4.50. The number of aliphatic hydroxyl groups is 1. The van der Waals surface area contributed by atoms with Crippen molar-refractivity contribution in [3.8, 4) is 17.2 Å². The number of ether oxygens (including phenoxy) is 3. The summed E-state index contributed by atoms with van der Waals surface area (Å²) in [4.78, 5) is 45.0. The van der Waals surface area contributed by atoms with Gasteiger partial charge >= 0.3 is 0 Å². The molecule has 3 unspecified atom stereocenters. The van der Waals surface area contributed by atoms with Crippen LogP contribution >= 0.6 is 7.29 Å². The van der Waals surface area contributed by atoms with E-state index in [2.05, 4.69) is 6.92 Å². The minimum absolute atomic E-state index is 0.00462. The summed E-state index contributed by atoms with van der Waals surface area (Å²) in [5.74, 6) is 1.03. The van der Waals surface area contributed by atoms with E-state index in [9.17, 15) is 32.5 Å². The minimum Gasteiger partial charge on any atom is -0.493 e. The highest BCUT2D eigenvalue weighted by atomic mass is 32.2. The summed E-state index contributed by atoms with van der Waals surface area (Å²) in [7, 11) is -2.77. The molecule has 2 fully saturated rings. The summed E-state index contributed by atoms with van der Waals surface area (Å²) in [6.07, 6.45) is 5.96. The number of hydrogen-bond acceptors (Lipinski definition) is 10. The third kappa shape index (κ3) is 9.77. The summed E-state index contributed by atoms with van der Waals surface area (Å²) in [6.45, 7) is 5.53. The van der Waals surface area contributed by atoms with E-state index in [-0.39, 0.29) is 73.0 Å². The molecule has 0 aromatic heterocycles. The van der Waals surface area contributed by atoms with Gasteiger partial charge in [0, 0.05) is 74.7 Å². The molecule has 0 saturated carbocycles. The molecular weight excluding hydrogens is 800 g/mol. The first-order valence-corrected chi connectivity index (χ1v) is 24.5. The number of likely N-dealkylation sites (N-methyl/N-ethyl adjacent to an activating group) is 2. The summed E-state index contributed by atoms with van der Waals surface area (Å²) >= 11 is 0. The Morgan fingerprint density at radius 2 is 1.47 bits per heavy atom. The Balaban J connectivity index is 1.20. The van der Waals surface area contributed by atoms with E-state index >= 15 is 4.57 Å². The van der Waals surface area contributed by atoms with Crippen LogP contribution < -0.4 is 14.2 Å². The molecule has 2 aromatic rings. The van der Waals surface area contributed by atoms with Crippen LogP contribution in [0.4, 0.5) is 0 Å². The molecule has 0 bridgehead atoms. The fraction of sp³-hybridized carbons (Fsp3) is 0.643. The van der Waals surface area contributed by atoms with Crippen molar-refractivity contribution in [3.63, 3.8) is 0 Å². The zero-order valence-electron chi connectivity index (χ0n) is 35.1. The van der Waals surface area contributed by atoms with E-state index in [1.54, 1.807) is 35.8 Å². The number of rotatable bonds is 18. The predicted molar refractivity (Wildman–Crippen MR) is 224 cm³/mol. The average molecular weight is 861 g/mol. The van der Waals surface area contributed by atoms with Gasteiger partial charge in [-0.3, -0.25) is 23.6 Å². The van der Waals surface area contributed by atoms with Gasteiger partial charge in [0.15, 0.2) is 18.8 Å². The van der Waals surface area contributed by atoms with Gasteiger partial charge in [-0.25, -0.2) is 0 Å². The van der Waals surface area contributed by atoms with Gasteiger partial charge in [0.1, 0.15) is 11.0 Å². The van der Waals surface area contributed by atoms with Crippen molar-refractivity contribution in [3.05, 3.63) is 52.1 Å². The normalized spacial score (nSPS) is 22.5. The van der Waals surface area contributed by atoms with Gasteiger partial charge in [-0.05, 0) is 93.3 Å². The smallest absolute Gasteiger partial charge is 0.270 e. The van der Waals surface area contributed by atoms with Crippen LogP contribution in [0.25, 0.3) is 0 Å². The van der Waals surface area contributed by atoms with Crippen LogP contribution in [0, 0.1) is 5.92 Å². The van der Waals surface area contributed by atoms with E-state index in [1.165, 1.54) is 18.1 Å². The van der Waals surface area contributed by atoms with E-state index in [1.807, 2.05) is 17.9 Å². The maximum Gasteiger partial charge on any atom is 0.270 e. The Kier molecular flexibility index (Phi) is 14.4. The lowest BCUT2D eigenvalue weighted by Crippen LogP contribution is -2.44. The van der Waals surface area contributed by atoms with E-state index in [4.69, 9.17) is 14.2 Å². The molecule has 2 N–H and O–H groups in total. The van der Waals surface area contributed by atoms with Crippen molar-refractivity contribution < 1.29 is 51.2 Å². The number of nitrogens with zero attached hydrogens (tertiary/aromatic N) is 4. The van der Waals surface area contributed by atoms with Crippen LogP contribution in [-0.2, 0) is 38.9 Å². The Hall–Kier alpha value is -3.69. The molecule has 326 valence electrons. The number of methoxy groups -OCH3 is 1. The molecule has 0 spiro atoms. The molecule has 0 radical (unpaired) electrons. The zero-order chi connectivity index (χ0) is 42.6. The van der Waals surface area contributed by atoms with Crippen molar-refractivity contribution in [2.45, 2.75) is 95.6 Å². The number of aliphatic hydroxyl groups excluding tert-OH is 1. The van der Waals surface area contributed by atoms with Gasteiger partial charge < -0.3 is 38.6 Å². The van der Waals surface area contributed by atoms with Gasteiger partial charge in [-0.2, -0.15) is 8.42 Å². The number of amides is 3. The largest absolute Gasteiger partial charge is 0.493 e. The molecule has 4 aliphatic rings. The van der Waals surface area contributed by atoms with Gasteiger partial charge in [-0.1, -0.05) is 20.3 Å². The summed E-state index contributed by atoms with van der Waals surface area (Å²) in [5, 5.41) is 9.15. The molecule has 15 nitrogen and oxygen atoms in total. The molecule has 4 aliphatic heterocycles. The quantitative estimate of drug-likeness (QED) is 0.156. The number of carbonyl (C=O) groups excluding carboxylic acids is 3. The standard InChI is InChI=1S/C42H61N4O11PS/c1-6-7-12-40(48)43(3)15-16-44(4)58(51,20-18-57-38-24-29-21-28(2)34-10-8-13-45(34)42(50)33(29)26-37(38)55-5)19-17-56-36-23-30-25-39(59(52,53)54)35-11-9-14-46(35)41(49)32(30)22-31(36)27-47/h22-24,26,28,34-35,39,47H,6-21,25,27H2,1-5H3,(H,52,53,54)/t28?,34-,35-,39?,58?/m0/s1. The number of fused-ring (bicyclic) bond motifs is 4. The van der Waals surface area contributed by atoms with Crippen molar-refractivity contribution in [2.75, 3.05) is 72.9 Å². The second kappa shape index (κ2) is 18.9. The second-order valence-corrected chi connectivity index (χ2v) is 21.5. The molecule has 2 saturated heterocycles. The van der Waals surface area contributed by atoms with Crippen LogP contribution in [0.3, 0.4) is 0 Å².